The SMILES string of the molecule is Nc1n[nH]c(C(=O)O)c1-c1ccc2c(c1)OCCO2. The molecule has 2 heterocycles. The molecule has 1 aromatic carbocycles. The van der Waals surface area contributed by atoms with Crippen LogP contribution in [0.5, 0.6) is 11.5 Å². The van der Waals surface area contributed by atoms with Crippen molar-refractivity contribution in [2.24, 2.45) is 0 Å². The molecule has 1 aliphatic heterocycles. The van der Waals surface area contributed by atoms with E-state index in [0.717, 1.165) is 0 Å². The highest BCUT2D eigenvalue weighted by atomic mass is 16.6. The van der Waals surface area contributed by atoms with Crippen LogP contribution in [0.15, 0.2) is 18.2 Å². The first kappa shape index (κ1) is 11.4. The van der Waals surface area contributed by atoms with Crippen LogP contribution in [0.25, 0.3) is 11.1 Å². The Kier molecular flexibility index (Phi) is 2.52. The number of hydrogen-bond donors (Lipinski definition) is 3. The van der Waals surface area contributed by atoms with Crippen molar-refractivity contribution in [1.82, 2.24) is 10.2 Å². The van der Waals surface area contributed by atoms with Crippen molar-refractivity contribution < 1.29 is 19.4 Å². The summed E-state index contributed by atoms with van der Waals surface area (Å²) in [5.41, 5.74) is 6.63. The molecule has 0 saturated carbocycles. The third kappa shape index (κ3) is 1.85. The van der Waals surface area contributed by atoms with Gasteiger partial charge in [0.05, 0.1) is 5.56 Å². The molecule has 0 bridgehead atoms. The topological polar surface area (TPSA) is 110 Å². The monoisotopic (exact) mass is 261 g/mol. The van der Waals surface area contributed by atoms with E-state index >= 15 is 0 Å². The van der Waals surface area contributed by atoms with Gasteiger partial charge in [-0.1, -0.05) is 6.07 Å². The second-order valence-corrected chi connectivity index (χ2v) is 4.02. The summed E-state index contributed by atoms with van der Waals surface area (Å²) in [6, 6.07) is 5.14. The van der Waals surface area contributed by atoms with Gasteiger partial charge in [-0.15, -0.1) is 0 Å². The highest BCUT2D eigenvalue weighted by molar-refractivity contribution is 5.97. The largest absolute Gasteiger partial charge is 0.486 e. The molecular weight excluding hydrogens is 250 g/mol. The number of nitrogens with zero attached hydrogens (tertiary/aromatic N) is 1. The van der Waals surface area contributed by atoms with E-state index in [0.29, 0.717) is 35.8 Å². The van der Waals surface area contributed by atoms with Crippen LogP contribution in [0.4, 0.5) is 5.82 Å². The summed E-state index contributed by atoms with van der Waals surface area (Å²) in [5, 5.41) is 15.2. The summed E-state index contributed by atoms with van der Waals surface area (Å²) in [7, 11) is 0. The van der Waals surface area contributed by atoms with Crippen LogP contribution in [-0.2, 0) is 0 Å². The first-order chi connectivity index (χ1) is 9.16. The number of nitrogen functional groups attached to an aromatic ring is 1. The van der Waals surface area contributed by atoms with Crippen molar-refractivity contribution in [3.05, 3.63) is 23.9 Å². The molecule has 0 saturated heterocycles. The van der Waals surface area contributed by atoms with Gasteiger partial charge in [0.25, 0.3) is 0 Å². The number of anilines is 1. The number of nitrogens with two attached hydrogens (primary N) is 1. The van der Waals surface area contributed by atoms with E-state index in [4.69, 9.17) is 20.3 Å². The molecule has 7 heteroatoms. The molecule has 0 unspecified atom stereocenters. The fraction of sp³-hybridized carbons (Fsp3) is 0.167. The molecule has 2 aromatic rings. The number of fused-ring (bicyclic) bond motifs is 1. The number of aromatic carboxylic acids is 1. The van der Waals surface area contributed by atoms with E-state index in [-0.39, 0.29) is 11.5 Å². The number of carboxylic acids is 1. The Bertz CT molecular complexity index is 650. The van der Waals surface area contributed by atoms with Crippen molar-refractivity contribution in [3.63, 3.8) is 0 Å². The molecule has 0 fully saturated rings. The van der Waals surface area contributed by atoms with E-state index in [9.17, 15) is 4.79 Å². The number of ether oxygens (including phenoxy) is 2. The number of benzene rings is 1. The van der Waals surface area contributed by atoms with Crippen LogP contribution in [0.1, 0.15) is 10.5 Å². The summed E-state index contributed by atoms with van der Waals surface area (Å²) < 4.78 is 10.9. The van der Waals surface area contributed by atoms with E-state index in [1.54, 1.807) is 18.2 Å². The van der Waals surface area contributed by atoms with Gasteiger partial charge < -0.3 is 20.3 Å². The summed E-state index contributed by atoms with van der Waals surface area (Å²) in [6.45, 7) is 0.962. The average molecular weight is 261 g/mol. The number of carboxylic acid groups (broad SMARTS) is 1. The Balaban J connectivity index is 2.12. The van der Waals surface area contributed by atoms with Crippen LogP contribution in [0.2, 0.25) is 0 Å². The van der Waals surface area contributed by atoms with Gasteiger partial charge >= 0.3 is 5.97 Å². The van der Waals surface area contributed by atoms with Crippen LogP contribution in [0.3, 0.4) is 0 Å². The Labute approximate surface area is 107 Å². The van der Waals surface area contributed by atoms with Crippen molar-refractivity contribution in [2.45, 2.75) is 0 Å². The maximum atomic E-state index is 11.1. The lowest BCUT2D eigenvalue weighted by atomic mass is 10.0. The van der Waals surface area contributed by atoms with Gasteiger partial charge in [0.1, 0.15) is 13.2 Å². The predicted octanol–water partition coefficient (Wildman–Crippen LogP) is 1.13. The molecule has 3 rings (SSSR count). The quantitative estimate of drug-likeness (QED) is 0.747. The molecule has 1 aromatic heterocycles. The standard InChI is InChI=1S/C12H11N3O4/c13-11-9(10(12(16)17)14-15-11)6-1-2-7-8(5-6)19-4-3-18-7/h1-2,5H,3-4H2,(H,16,17)(H3,13,14,15). The zero-order valence-corrected chi connectivity index (χ0v) is 9.84. The number of aromatic amines is 1. The number of hydrogen-bond acceptors (Lipinski definition) is 5. The second-order valence-electron chi connectivity index (χ2n) is 4.02. The lowest BCUT2D eigenvalue weighted by Crippen LogP contribution is -2.15. The average Bonchev–Trinajstić information content (AvgIpc) is 2.80. The molecule has 0 radical (unpaired) electrons. The van der Waals surface area contributed by atoms with Gasteiger partial charge in [0.2, 0.25) is 0 Å². The summed E-state index contributed by atoms with van der Waals surface area (Å²) in [6.07, 6.45) is 0. The number of nitrogens with one attached hydrogen (secondary N) is 1. The lowest BCUT2D eigenvalue weighted by molar-refractivity contribution is 0.0691. The number of H-pyrrole nitrogens is 1. The minimum absolute atomic E-state index is 0.0471. The molecule has 0 atom stereocenters. The highest BCUT2D eigenvalue weighted by Gasteiger charge is 2.20. The third-order valence-electron chi connectivity index (χ3n) is 2.84. The smallest absolute Gasteiger partial charge is 0.354 e. The zero-order chi connectivity index (χ0) is 13.4. The van der Waals surface area contributed by atoms with E-state index in [1.807, 2.05) is 0 Å². The first-order valence-corrected chi connectivity index (χ1v) is 5.64. The highest BCUT2D eigenvalue weighted by Crippen LogP contribution is 2.37. The Morgan fingerprint density at radius 2 is 2.05 bits per heavy atom. The summed E-state index contributed by atoms with van der Waals surface area (Å²) in [5.74, 6) is 0.220. The number of rotatable bonds is 2. The maximum Gasteiger partial charge on any atom is 0.354 e. The molecule has 0 amide bonds. The summed E-state index contributed by atoms with van der Waals surface area (Å²) in [4.78, 5) is 11.1. The summed E-state index contributed by atoms with van der Waals surface area (Å²) >= 11 is 0. The Hall–Kier alpha value is -2.70. The van der Waals surface area contributed by atoms with Crippen molar-refractivity contribution in [3.8, 4) is 22.6 Å². The van der Waals surface area contributed by atoms with Gasteiger partial charge in [-0.2, -0.15) is 5.10 Å². The molecule has 7 nitrogen and oxygen atoms in total. The minimum atomic E-state index is -1.12. The molecular formula is C12H11N3O4. The van der Waals surface area contributed by atoms with Gasteiger partial charge in [-0.25, -0.2) is 4.79 Å². The molecule has 98 valence electrons. The van der Waals surface area contributed by atoms with E-state index < -0.39 is 5.97 Å². The van der Waals surface area contributed by atoms with Gasteiger partial charge in [0, 0.05) is 0 Å². The zero-order valence-electron chi connectivity index (χ0n) is 9.84. The van der Waals surface area contributed by atoms with E-state index in [1.165, 1.54) is 0 Å². The molecule has 0 aliphatic carbocycles. The predicted molar refractivity (Wildman–Crippen MR) is 66.4 cm³/mol. The van der Waals surface area contributed by atoms with Crippen molar-refractivity contribution in [1.29, 1.82) is 0 Å². The van der Waals surface area contributed by atoms with Crippen LogP contribution < -0.4 is 15.2 Å². The fourth-order valence-electron chi connectivity index (χ4n) is 2.00. The van der Waals surface area contributed by atoms with Crippen molar-refractivity contribution >= 4 is 11.8 Å². The Morgan fingerprint density at radius 1 is 1.32 bits per heavy atom. The van der Waals surface area contributed by atoms with Gasteiger partial charge in [-0.3, -0.25) is 5.10 Å². The fourth-order valence-corrected chi connectivity index (χ4v) is 2.00. The van der Waals surface area contributed by atoms with Crippen molar-refractivity contribution in [2.75, 3.05) is 18.9 Å². The van der Waals surface area contributed by atoms with Gasteiger partial charge in [-0.05, 0) is 17.7 Å². The molecule has 4 N–H and O–H groups in total. The van der Waals surface area contributed by atoms with Gasteiger partial charge in [0.15, 0.2) is 23.0 Å². The normalized spacial score (nSPS) is 13.3. The van der Waals surface area contributed by atoms with E-state index in [2.05, 4.69) is 10.2 Å². The van der Waals surface area contributed by atoms with Crippen LogP contribution >= 0.6 is 0 Å². The second kappa shape index (κ2) is 4.20. The minimum Gasteiger partial charge on any atom is -0.486 e. The van der Waals surface area contributed by atoms with Crippen LogP contribution in [-0.4, -0.2) is 34.5 Å². The molecule has 0 spiro atoms. The first-order valence-electron chi connectivity index (χ1n) is 5.64. The number of aromatic nitrogens is 2. The lowest BCUT2D eigenvalue weighted by Gasteiger charge is -2.18. The Morgan fingerprint density at radius 3 is 2.79 bits per heavy atom. The number of carbonyl (C=O) groups is 1. The maximum absolute atomic E-state index is 11.1. The third-order valence-corrected chi connectivity index (χ3v) is 2.84. The molecule has 1 aliphatic rings. The van der Waals surface area contributed by atoms with Crippen LogP contribution in [0, 0.1) is 0 Å². The molecule has 19 heavy (non-hydrogen) atoms.